The molecule has 0 saturated carbocycles. The number of anilines is 2. The molecule has 0 bridgehead atoms. The molecule has 3 N–H and O–H groups in total. The average molecular weight is 294 g/mol. The van der Waals surface area contributed by atoms with Crippen LogP contribution in [0.15, 0.2) is 40.9 Å². The van der Waals surface area contributed by atoms with Gasteiger partial charge in [-0.3, -0.25) is 4.68 Å². The van der Waals surface area contributed by atoms with Crippen LogP contribution < -0.4 is 11.1 Å². The minimum Gasteiger partial charge on any atom is -0.459 e. The normalized spacial score (nSPS) is 11.3. The summed E-state index contributed by atoms with van der Waals surface area (Å²) in [5, 5.41) is 9.09. The van der Waals surface area contributed by atoms with Crippen molar-refractivity contribution in [2.45, 2.75) is 6.54 Å². The highest BCUT2D eigenvalue weighted by molar-refractivity contribution is 5.86. The van der Waals surface area contributed by atoms with Crippen molar-refractivity contribution in [1.82, 2.24) is 19.7 Å². The van der Waals surface area contributed by atoms with Crippen LogP contribution >= 0.6 is 0 Å². The van der Waals surface area contributed by atoms with Gasteiger partial charge in [0.05, 0.1) is 18.1 Å². The quantitative estimate of drug-likeness (QED) is 0.602. The van der Waals surface area contributed by atoms with Crippen molar-refractivity contribution in [3.8, 4) is 0 Å². The molecule has 0 unspecified atom stereocenters. The Morgan fingerprint density at radius 1 is 1.27 bits per heavy atom. The monoisotopic (exact) mass is 294 g/mol. The molecule has 7 heteroatoms. The summed E-state index contributed by atoms with van der Waals surface area (Å²) in [7, 11) is 1.82. The van der Waals surface area contributed by atoms with Crippen LogP contribution in [0.2, 0.25) is 0 Å². The van der Waals surface area contributed by atoms with Gasteiger partial charge in [0.15, 0.2) is 5.65 Å². The van der Waals surface area contributed by atoms with Crippen LogP contribution in [0.3, 0.4) is 0 Å². The van der Waals surface area contributed by atoms with Crippen molar-refractivity contribution in [3.63, 3.8) is 0 Å². The molecule has 7 nitrogen and oxygen atoms in total. The Morgan fingerprint density at radius 2 is 2.14 bits per heavy atom. The van der Waals surface area contributed by atoms with Gasteiger partial charge in [-0.25, -0.2) is 0 Å². The van der Waals surface area contributed by atoms with Crippen LogP contribution in [0.1, 0.15) is 5.76 Å². The molecule has 0 saturated heterocycles. The van der Waals surface area contributed by atoms with Crippen molar-refractivity contribution < 1.29 is 4.42 Å². The largest absolute Gasteiger partial charge is 0.459 e. The molecule has 0 aliphatic heterocycles. The lowest BCUT2D eigenvalue weighted by Gasteiger charge is -2.04. The number of nitrogen functional groups attached to an aromatic ring is 1. The van der Waals surface area contributed by atoms with Gasteiger partial charge in [-0.05, 0) is 12.1 Å². The minimum atomic E-state index is 0.408. The molecule has 0 atom stereocenters. The molecule has 3 aromatic heterocycles. The van der Waals surface area contributed by atoms with Crippen molar-refractivity contribution >= 4 is 33.8 Å². The fourth-order valence-electron chi connectivity index (χ4n) is 2.41. The van der Waals surface area contributed by atoms with Gasteiger partial charge in [-0.1, -0.05) is 18.2 Å². The van der Waals surface area contributed by atoms with E-state index in [4.69, 9.17) is 10.2 Å². The Hall–Kier alpha value is -3.09. The van der Waals surface area contributed by atoms with E-state index in [1.165, 1.54) is 0 Å². The fourth-order valence-corrected chi connectivity index (χ4v) is 2.41. The summed E-state index contributed by atoms with van der Waals surface area (Å²) in [6.45, 7) is 0.484. The number of fused-ring (bicyclic) bond motifs is 2. The lowest BCUT2D eigenvalue weighted by atomic mass is 10.2. The molecule has 110 valence electrons. The van der Waals surface area contributed by atoms with Gasteiger partial charge in [0.25, 0.3) is 0 Å². The summed E-state index contributed by atoms with van der Waals surface area (Å²) < 4.78 is 7.42. The molecule has 0 amide bonds. The number of hydrogen-bond acceptors (Lipinski definition) is 6. The van der Waals surface area contributed by atoms with E-state index in [2.05, 4.69) is 20.4 Å². The maximum absolute atomic E-state index is 5.93. The lowest BCUT2D eigenvalue weighted by Crippen LogP contribution is -2.06. The molecule has 1 aromatic carbocycles. The molecule has 22 heavy (non-hydrogen) atoms. The zero-order valence-electron chi connectivity index (χ0n) is 11.9. The van der Waals surface area contributed by atoms with Crippen molar-refractivity contribution in [1.29, 1.82) is 0 Å². The Kier molecular flexibility index (Phi) is 2.72. The number of aryl methyl sites for hydroxylation is 1. The van der Waals surface area contributed by atoms with Gasteiger partial charge >= 0.3 is 0 Å². The maximum atomic E-state index is 5.93. The van der Waals surface area contributed by atoms with Crippen molar-refractivity contribution in [2.24, 2.45) is 7.05 Å². The second-order valence-corrected chi connectivity index (χ2v) is 5.04. The van der Waals surface area contributed by atoms with Crippen LogP contribution in [-0.2, 0) is 13.6 Å². The summed E-state index contributed by atoms with van der Waals surface area (Å²) in [5.41, 5.74) is 7.49. The van der Waals surface area contributed by atoms with Crippen LogP contribution in [0.4, 0.5) is 11.8 Å². The fraction of sp³-hybridized carbons (Fsp3) is 0.133. The standard InChI is InChI=1S/C15H14N6O/c1-21-14-11(8-18-21)13(16)19-15(20-14)17-7-10-6-9-4-2-3-5-12(9)22-10/h2-6,8H,7H2,1H3,(H3,16,17,19,20). The predicted octanol–water partition coefficient (Wildman–Crippen LogP) is 2.30. The molecular weight excluding hydrogens is 280 g/mol. The summed E-state index contributed by atoms with van der Waals surface area (Å²) in [6, 6.07) is 9.88. The number of furan rings is 1. The summed E-state index contributed by atoms with van der Waals surface area (Å²) in [4.78, 5) is 8.67. The number of nitrogens with two attached hydrogens (primary N) is 1. The van der Waals surface area contributed by atoms with Crippen molar-refractivity contribution in [2.75, 3.05) is 11.1 Å². The first kappa shape index (κ1) is 12.6. The van der Waals surface area contributed by atoms with Gasteiger partial charge in [0.1, 0.15) is 17.2 Å². The van der Waals surface area contributed by atoms with Crippen LogP contribution in [0.25, 0.3) is 22.0 Å². The van der Waals surface area contributed by atoms with E-state index in [0.717, 1.165) is 22.1 Å². The molecule has 0 spiro atoms. The third kappa shape index (κ3) is 2.03. The van der Waals surface area contributed by atoms with Crippen LogP contribution in [0.5, 0.6) is 0 Å². The maximum Gasteiger partial charge on any atom is 0.227 e. The van der Waals surface area contributed by atoms with E-state index in [-0.39, 0.29) is 0 Å². The third-order valence-corrected chi connectivity index (χ3v) is 3.52. The molecule has 3 heterocycles. The molecule has 0 radical (unpaired) electrons. The zero-order chi connectivity index (χ0) is 15.1. The van der Waals surface area contributed by atoms with Crippen LogP contribution in [-0.4, -0.2) is 19.7 Å². The first-order valence-corrected chi connectivity index (χ1v) is 6.87. The number of para-hydroxylation sites is 1. The molecule has 0 fully saturated rings. The van der Waals surface area contributed by atoms with E-state index in [1.54, 1.807) is 10.9 Å². The van der Waals surface area contributed by atoms with Gasteiger partial charge in [-0.15, -0.1) is 0 Å². The van der Waals surface area contributed by atoms with Crippen molar-refractivity contribution in [3.05, 3.63) is 42.3 Å². The lowest BCUT2D eigenvalue weighted by molar-refractivity contribution is 0.558. The Balaban J connectivity index is 1.62. The third-order valence-electron chi connectivity index (χ3n) is 3.52. The molecule has 4 rings (SSSR count). The summed E-state index contributed by atoms with van der Waals surface area (Å²) >= 11 is 0. The van der Waals surface area contributed by atoms with E-state index < -0.39 is 0 Å². The number of aromatic nitrogens is 4. The minimum absolute atomic E-state index is 0.408. The molecule has 0 aliphatic rings. The average Bonchev–Trinajstić information content (AvgIpc) is 3.09. The highest BCUT2D eigenvalue weighted by Gasteiger charge is 2.10. The molecule has 4 aromatic rings. The van der Waals surface area contributed by atoms with Gasteiger partial charge in [0, 0.05) is 12.4 Å². The Morgan fingerprint density at radius 3 is 3.00 bits per heavy atom. The van der Waals surface area contributed by atoms with Gasteiger partial charge < -0.3 is 15.5 Å². The number of nitrogens with one attached hydrogen (secondary N) is 1. The van der Waals surface area contributed by atoms with Gasteiger partial charge in [0.2, 0.25) is 5.95 Å². The second-order valence-electron chi connectivity index (χ2n) is 5.04. The second kappa shape index (κ2) is 4.73. The number of nitrogens with zero attached hydrogens (tertiary/aromatic N) is 4. The van der Waals surface area contributed by atoms with E-state index in [0.29, 0.717) is 24.0 Å². The number of benzene rings is 1. The number of hydrogen-bond donors (Lipinski definition) is 2. The highest BCUT2D eigenvalue weighted by atomic mass is 16.3. The summed E-state index contributed by atoms with van der Waals surface area (Å²) in [6.07, 6.45) is 1.66. The Bertz CT molecular complexity index is 938. The van der Waals surface area contributed by atoms with Gasteiger partial charge in [-0.2, -0.15) is 15.1 Å². The van der Waals surface area contributed by atoms with E-state index >= 15 is 0 Å². The predicted molar refractivity (Wildman–Crippen MR) is 84.3 cm³/mol. The SMILES string of the molecule is Cn1ncc2c(N)nc(NCc3cc4ccccc4o3)nc21. The van der Waals surface area contributed by atoms with Crippen LogP contribution in [0, 0.1) is 0 Å². The molecular formula is C15H14N6O. The molecule has 0 aliphatic carbocycles. The number of rotatable bonds is 3. The first-order chi connectivity index (χ1) is 10.7. The summed E-state index contributed by atoms with van der Waals surface area (Å²) in [5.74, 6) is 1.67. The zero-order valence-corrected chi connectivity index (χ0v) is 11.9. The first-order valence-electron chi connectivity index (χ1n) is 6.87. The topological polar surface area (TPSA) is 94.8 Å². The Labute approximate surface area is 125 Å². The van der Waals surface area contributed by atoms with E-state index in [9.17, 15) is 0 Å². The smallest absolute Gasteiger partial charge is 0.227 e. The van der Waals surface area contributed by atoms with E-state index in [1.807, 2.05) is 37.4 Å². The highest BCUT2D eigenvalue weighted by Crippen LogP contribution is 2.21.